The highest BCUT2D eigenvalue weighted by molar-refractivity contribution is 6.08. The largest absolute Gasteiger partial charge is 0.494 e. The first kappa shape index (κ1) is 19.5. The number of hydrogen-bond acceptors (Lipinski definition) is 3. The third-order valence-corrected chi connectivity index (χ3v) is 5.49. The van der Waals surface area contributed by atoms with Crippen LogP contribution in [0.4, 0.5) is 4.39 Å². The van der Waals surface area contributed by atoms with Gasteiger partial charge >= 0.3 is 0 Å². The van der Waals surface area contributed by atoms with Gasteiger partial charge in [0.05, 0.1) is 12.2 Å². The molecule has 0 unspecified atom stereocenters. The van der Waals surface area contributed by atoms with Crippen molar-refractivity contribution in [1.29, 1.82) is 0 Å². The highest BCUT2D eigenvalue weighted by atomic mass is 19.1. The quantitative estimate of drug-likeness (QED) is 0.711. The fraction of sp³-hybridized carbons (Fsp3) is 0.348. The Bertz CT molecular complexity index is 1020. The molecule has 0 bridgehead atoms. The van der Waals surface area contributed by atoms with E-state index < -0.39 is 0 Å². The molecular formula is C23H26FN3O2. The Balaban J connectivity index is 1.45. The minimum Gasteiger partial charge on any atom is -0.494 e. The Kier molecular flexibility index (Phi) is 5.53. The lowest BCUT2D eigenvalue weighted by Crippen LogP contribution is -2.48. The molecule has 1 saturated heterocycles. The summed E-state index contributed by atoms with van der Waals surface area (Å²) in [4.78, 5) is 20.6. The Morgan fingerprint density at radius 1 is 1.14 bits per heavy atom. The van der Waals surface area contributed by atoms with E-state index in [0.717, 1.165) is 42.2 Å². The van der Waals surface area contributed by atoms with Crippen LogP contribution in [0.25, 0.3) is 10.9 Å². The average molecular weight is 395 g/mol. The van der Waals surface area contributed by atoms with Crippen molar-refractivity contribution in [2.45, 2.75) is 20.4 Å². The van der Waals surface area contributed by atoms with Crippen molar-refractivity contribution in [3.63, 3.8) is 0 Å². The first-order chi connectivity index (χ1) is 14.1. The van der Waals surface area contributed by atoms with Crippen LogP contribution in [0.5, 0.6) is 5.75 Å². The zero-order chi connectivity index (χ0) is 20.4. The van der Waals surface area contributed by atoms with Crippen molar-refractivity contribution in [1.82, 2.24) is 14.8 Å². The first-order valence-electron chi connectivity index (χ1n) is 10.1. The van der Waals surface area contributed by atoms with Gasteiger partial charge in [0, 0.05) is 54.9 Å². The fourth-order valence-corrected chi connectivity index (χ4v) is 4.01. The summed E-state index contributed by atoms with van der Waals surface area (Å²) in [5, 5.41) is 0.653. The Morgan fingerprint density at radius 2 is 1.90 bits per heavy atom. The predicted octanol–water partition coefficient (Wildman–Crippen LogP) is 3.97. The molecule has 0 atom stereocenters. The number of nitrogens with zero attached hydrogens (tertiary/aromatic N) is 2. The lowest BCUT2D eigenvalue weighted by molar-refractivity contribution is 0.0628. The van der Waals surface area contributed by atoms with Gasteiger partial charge in [0.2, 0.25) is 0 Å². The fourth-order valence-electron chi connectivity index (χ4n) is 4.01. The summed E-state index contributed by atoms with van der Waals surface area (Å²) in [5.41, 5.74) is 3.31. The SMILES string of the molecule is CCOc1ccccc1CN1CCN(C(=O)c2c(C)[nH]c3ccc(F)cc23)CC1. The van der Waals surface area contributed by atoms with Crippen molar-refractivity contribution in [2.75, 3.05) is 32.8 Å². The number of benzene rings is 2. The van der Waals surface area contributed by atoms with Gasteiger partial charge in [-0.05, 0) is 38.1 Å². The van der Waals surface area contributed by atoms with Crippen LogP contribution < -0.4 is 4.74 Å². The molecule has 1 amide bonds. The number of para-hydroxylation sites is 1. The molecule has 6 heteroatoms. The number of carbonyl (C=O) groups is 1. The number of carbonyl (C=O) groups excluding carboxylic acids is 1. The van der Waals surface area contributed by atoms with Crippen LogP contribution in [0.15, 0.2) is 42.5 Å². The van der Waals surface area contributed by atoms with Crippen molar-refractivity contribution in [3.05, 3.63) is 65.1 Å². The van der Waals surface area contributed by atoms with E-state index in [0.29, 0.717) is 30.6 Å². The number of ether oxygens (including phenoxy) is 1. The highest BCUT2D eigenvalue weighted by Crippen LogP contribution is 2.26. The molecule has 1 fully saturated rings. The van der Waals surface area contributed by atoms with E-state index in [1.54, 1.807) is 6.07 Å². The molecule has 4 rings (SSSR count). The molecule has 0 saturated carbocycles. The van der Waals surface area contributed by atoms with Crippen LogP contribution in [0.1, 0.15) is 28.5 Å². The van der Waals surface area contributed by atoms with Crippen LogP contribution in [0, 0.1) is 12.7 Å². The van der Waals surface area contributed by atoms with E-state index in [9.17, 15) is 9.18 Å². The minimum atomic E-state index is -0.330. The molecule has 3 aromatic rings. The summed E-state index contributed by atoms with van der Waals surface area (Å²) < 4.78 is 19.4. The smallest absolute Gasteiger partial charge is 0.256 e. The molecular weight excluding hydrogens is 369 g/mol. The highest BCUT2D eigenvalue weighted by Gasteiger charge is 2.26. The molecule has 2 aromatic carbocycles. The van der Waals surface area contributed by atoms with Crippen LogP contribution in [-0.2, 0) is 6.54 Å². The van der Waals surface area contributed by atoms with Crippen molar-refractivity contribution in [3.8, 4) is 5.75 Å². The van der Waals surface area contributed by atoms with E-state index in [1.807, 2.05) is 36.9 Å². The van der Waals surface area contributed by atoms with Gasteiger partial charge in [-0.15, -0.1) is 0 Å². The third-order valence-electron chi connectivity index (χ3n) is 5.49. The number of rotatable bonds is 5. The van der Waals surface area contributed by atoms with Gasteiger partial charge in [0.1, 0.15) is 11.6 Å². The second-order valence-electron chi connectivity index (χ2n) is 7.42. The van der Waals surface area contributed by atoms with Gasteiger partial charge in [-0.1, -0.05) is 18.2 Å². The number of amides is 1. The van der Waals surface area contributed by atoms with Gasteiger partial charge in [-0.25, -0.2) is 4.39 Å². The molecule has 2 heterocycles. The molecule has 0 radical (unpaired) electrons. The lowest BCUT2D eigenvalue weighted by Gasteiger charge is -2.35. The summed E-state index contributed by atoms with van der Waals surface area (Å²) in [6.07, 6.45) is 0. The van der Waals surface area contributed by atoms with Crippen LogP contribution >= 0.6 is 0 Å². The number of H-pyrrole nitrogens is 1. The Labute approximate surface area is 170 Å². The maximum atomic E-state index is 13.7. The number of piperazine rings is 1. The number of aryl methyl sites for hydroxylation is 1. The summed E-state index contributed by atoms with van der Waals surface area (Å²) in [6.45, 7) is 8.18. The van der Waals surface area contributed by atoms with Gasteiger partial charge < -0.3 is 14.6 Å². The third kappa shape index (κ3) is 3.98. The van der Waals surface area contributed by atoms with Crippen molar-refractivity contribution < 1.29 is 13.9 Å². The molecule has 1 N–H and O–H groups in total. The van der Waals surface area contributed by atoms with Crippen molar-refractivity contribution in [2.24, 2.45) is 0 Å². The number of hydrogen-bond donors (Lipinski definition) is 1. The number of halogens is 1. The summed E-state index contributed by atoms with van der Waals surface area (Å²) in [5.74, 6) is 0.557. The zero-order valence-electron chi connectivity index (χ0n) is 16.9. The monoisotopic (exact) mass is 395 g/mol. The molecule has 29 heavy (non-hydrogen) atoms. The zero-order valence-corrected chi connectivity index (χ0v) is 16.9. The number of nitrogens with one attached hydrogen (secondary N) is 1. The minimum absolute atomic E-state index is 0.0336. The summed E-state index contributed by atoms with van der Waals surface area (Å²) >= 11 is 0. The van der Waals surface area contributed by atoms with E-state index in [-0.39, 0.29) is 11.7 Å². The second-order valence-corrected chi connectivity index (χ2v) is 7.42. The molecule has 0 spiro atoms. The molecule has 1 aromatic heterocycles. The topological polar surface area (TPSA) is 48.6 Å². The summed E-state index contributed by atoms with van der Waals surface area (Å²) in [6, 6.07) is 12.6. The second kappa shape index (κ2) is 8.25. The molecule has 152 valence electrons. The normalized spacial score (nSPS) is 15.1. The number of aromatic nitrogens is 1. The van der Waals surface area contributed by atoms with E-state index in [1.165, 1.54) is 12.1 Å². The lowest BCUT2D eigenvalue weighted by atomic mass is 10.1. The van der Waals surface area contributed by atoms with Crippen LogP contribution in [-0.4, -0.2) is 53.5 Å². The van der Waals surface area contributed by atoms with Crippen LogP contribution in [0.2, 0.25) is 0 Å². The maximum Gasteiger partial charge on any atom is 0.256 e. The molecule has 5 nitrogen and oxygen atoms in total. The average Bonchev–Trinajstić information content (AvgIpc) is 3.04. The van der Waals surface area contributed by atoms with Gasteiger partial charge in [-0.3, -0.25) is 9.69 Å². The number of aromatic amines is 1. The van der Waals surface area contributed by atoms with Crippen molar-refractivity contribution >= 4 is 16.8 Å². The Morgan fingerprint density at radius 3 is 2.66 bits per heavy atom. The summed E-state index contributed by atoms with van der Waals surface area (Å²) in [7, 11) is 0. The number of fused-ring (bicyclic) bond motifs is 1. The van der Waals surface area contributed by atoms with Gasteiger partial charge in [-0.2, -0.15) is 0 Å². The predicted molar refractivity (Wildman–Crippen MR) is 112 cm³/mol. The molecule has 1 aliphatic rings. The van der Waals surface area contributed by atoms with E-state index in [4.69, 9.17) is 4.74 Å². The van der Waals surface area contributed by atoms with E-state index >= 15 is 0 Å². The molecule has 0 aliphatic carbocycles. The molecule has 1 aliphatic heterocycles. The van der Waals surface area contributed by atoms with Gasteiger partial charge in [0.25, 0.3) is 5.91 Å². The van der Waals surface area contributed by atoms with E-state index in [2.05, 4.69) is 16.0 Å². The standard InChI is InChI=1S/C23H26FN3O2/c1-3-29-21-7-5-4-6-17(21)15-26-10-12-27(13-11-26)23(28)22-16(2)25-20-9-8-18(24)14-19(20)22/h4-9,14,25H,3,10-13,15H2,1-2H3. The maximum absolute atomic E-state index is 13.7. The first-order valence-corrected chi connectivity index (χ1v) is 10.1. The van der Waals surface area contributed by atoms with Crippen LogP contribution in [0.3, 0.4) is 0 Å². The Hall–Kier alpha value is -2.86. The van der Waals surface area contributed by atoms with Gasteiger partial charge in [0.15, 0.2) is 0 Å².